The maximum Gasteiger partial charge on any atom is 0.433 e. The van der Waals surface area contributed by atoms with E-state index in [2.05, 4.69) is 15.0 Å². The second kappa shape index (κ2) is 7.03. The number of aromatic nitrogens is 3. The van der Waals surface area contributed by atoms with E-state index >= 15 is 0 Å². The topological polar surface area (TPSA) is 53.7 Å². The van der Waals surface area contributed by atoms with Crippen molar-refractivity contribution in [3.05, 3.63) is 52.8 Å². The third-order valence-corrected chi connectivity index (χ3v) is 6.98. The molecule has 1 aliphatic carbocycles. The number of carbonyl (C=O) groups excluding carboxylic acids is 1. The molecule has 0 unspecified atom stereocenters. The summed E-state index contributed by atoms with van der Waals surface area (Å²) in [6.07, 6.45) is -1.71. The zero-order valence-corrected chi connectivity index (χ0v) is 17.4. The number of hydrogen-bond acceptors (Lipinski definition) is 4. The van der Waals surface area contributed by atoms with Gasteiger partial charge in [-0.3, -0.25) is 9.69 Å². The Balaban J connectivity index is 1.45. The molecule has 1 atom stereocenters. The standard InChI is InChI=1S/C23H22F3N5O/c24-23(25,26)21-17-8-7-14-4-1-2-6-16(14)20(17)27-19-12-18(28-31(19)21)22(32)30-11-10-29-9-3-5-15(29)13-30/h1-2,4,6,12,15H,3,5,7-11,13H2/t15-/m0/s1. The highest BCUT2D eigenvalue weighted by Gasteiger charge is 2.41. The van der Waals surface area contributed by atoms with Gasteiger partial charge >= 0.3 is 6.18 Å². The number of benzene rings is 1. The Morgan fingerprint density at radius 1 is 1.09 bits per heavy atom. The predicted octanol–water partition coefficient (Wildman–Crippen LogP) is 3.43. The van der Waals surface area contributed by atoms with Crippen LogP contribution in [0.15, 0.2) is 30.3 Å². The molecule has 6 rings (SSSR count). The number of halogens is 3. The third kappa shape index (κ3) is 3.02. The van der Waals surface area contributed by atoms with E-state index in [0.717, 1.165) is 36.0 Å². The van der Waals surface area contributed by atoms with Gasteiger partial charge in [0, 0.05) is 42.9 Å². The highest BCUT2D eigenvalue weighted by molar-refractivity contribution is 5.93. The van der Waals surface area contributed by atoms with Gasteiger partial charge in [-0.1, -0.05) is 24.3 Å². The largest absolute Gasteiger partial charge is 0.433 e. The number of aryl methyl sites for hydroxylation is 1. The summed E-state index contributed by atoms with van der Waals surface area (Å²) in [5.74, 6) is -0.325. The first-order valence-electron chi connectivity index (χ1n) is 11.0. The van der Waals surface area contributed by atoms with Crippen molar-refractivity contribution in [2.45, 2.75) is 37.9 Å². The van der Waals surface area contributed by atoms with Crippen molar-refractivity contribution in [1.82, 2.24) is 24.4 Å². The van der Waals surface area contributed by atoms with Crippen LogP contribution in [0.3, 0.4) is 0 Å². The number of piperazine rings is 1. The Morgan fingerprint density at radius 3 is 2.78 bits per heavy atom. The fourth-order valence-corrected chi connectivity index (χ4v) is 5.46. The van der Waals surface area contributed by atoms with E-state index in [1.54, 1.807) is 17.0 Å². The van der Waals surface area contributed by atoms with Crippen LogP contribution in [-0.4, -0.2) is 62.5 Å². The molecule has 0 N–H and O–H groups in total. The monoisotopic (exact) mass is 441 g/mol. The van der Waals surface area contributed by atoms with E-state index in [0.29, 0.717) is 36.8 Å². The van der Waals surface area contributed by atoms with Gasteiger partial charge in [-0.25, -0.2) is 9.50 Å². The summed E-state index contributed by atoms with van der Waals surface area (Å²) in [5.41, 5.74) is 1.42. The van der Waals surface area contributed by atoms with Crippen molar-refractivity contribution in [3.63, 3.8) is 0 Å². The van der Waals surface area contributed by atoms with Gasteiger partial charge in [-0.05, 0) is 37.8 Å². The Kier molecular flexibility index (Phi) is 4.33. The van der Waals surface area contributed by atoms with Crippen LogP contribution >= 0.6 is 0 Å². The number of rotatable bonds is 1. The summed E-state index contributed by atoms with van der Waals surface area (Å²) in [5, 5.41) is 4.13. The van der Waals surface area contributed by atoms with Gasteiger partial charge in [-0.15, -0.1) is 0 Å². The molecule has 3 aromatic rings. The third-order valence-electron chi connectivity index (χ3n) is 6.98. The van der Waals surface area contributed by atoms with Gasteiger partial charge in [0.15, 0.2) is 17.0 Å². The van der Waals surface area contributed by atoms with Crippen LogP contribution in [0, 0.1) is 0 Å². The van der Waals surface area contributed by atoms with Crippen LogP contribution in [0.2, 0.25) is 0 Å². The van der Waals surface area contributed by atoms with Crippen molar-refractivity contribution in [2.24, 2.45) is 0 Å². The molecule has 9 heteroatoms. The maximum atomic E-state index is 14.2. The molecule has 0 spiro atoms. The van der Waals surface area contributed by atoms with E-state index in [4.69, 9.17) is 0 Å². The van der Waals surface area contributed by atoms with Crippen molar-refractivity contribution in [3.8, 4) is 11.3 Å². The predicted molar refractivity (Wildman–Crippen MR) is 111 cm³/mol. The van der Waals surface area contributed by atoms with Crippen molar-refractivity contribution >= 4 is 11.6 Å². The summed E-state index contributed by atoms with van der Waals surface area (Å²) < 4.78 is 43.4. The molecular weight excluding hydrogens is 419 g/mol. The van der Waals surface area contributed by atoms with Crippen LogP contribution in [0.5, 0.6) is 0 Å². The number of carbonyl (C=O) groups is 1. The van der Waals surface area contributed by atoms with Gasteiger partial charge in [0.1, 0.15) is 0 Å². The normalized spacial score (nSPS) is 20.8. The smallest absolute Gasteiger partial charge is 0.334 e. The molecule has 32 heavy (non-hydrogen) atoms. The summed E-state index contributed by atoms with van der Waals surface area (Å²) in [6, 6.07) is 9.15. The summed E-state index contributed by atoms with van der Waals surface area (Å²) in [6.45, 7) is 3.00. The quantitative estimate of drug-likeness (QED) is 0.581. The highest BCUT2D eigenvalue weighted by Crippen LogP contribution is 2.40. The molecule has 0 radical (unpaired) electrons. The average molecular weight is 441 g/mol. The minimum Gasteiger partial charge on any atom is -0.334 e. The Bertz CT molecular complexity index is 1230. The molecule has 2 aromatic heterocycles. The zero-order chi connectivity index (χ0) is 22.0. The van der Waals surface area contributed by atoms with E-state index in [1.807, 2.05) is 12.1 Å². The van der Waals surface area contributed by atoms with Crippen molar-refractivity contribution in [1.29, 1.82) is 0 Å². The van der Waals surface area contributed by atoms with Gasteiger partial charge in [0.25, 0.3) is 5.91 Å². The lowest BCUT2D eigenvalue weighted by molar-refractivity contribution is -0.143. The lowest BCUT2D eigenvalue weighted by Gasteiger charge is -2.37. The summed E-state index contributed by atoms with van der Waals surface area (Å²) >= 11 is 0. The first kappa shape index (κ1) is 19.7. The van der Waals surface area contributed by atoms with Crippen LogP contribution < -0.4 is 0 Å². The molecule has 1 amide bonds. The molecule has 4 heterocycles. The fraction of sp³-hybridized carbons (Fsp3) is 0.435. The Labute approximate surface area is 182 Å². The lowest BCUT2D eigenvalue weighted by Crippen LogP contribution is -2.52. The molecule has 166 valence electrons. The van der Waals surface area contributed by atoms with E-state index < -0.39 is 11.9 Å². The van der Waals surface area contributed by atoms with E-state index in [1.165, 1.54) is 6.07 Å². The molecule has 2 aliphatic heterocycles. The first-order valence-corrected chi connectivity index (χ1v) is 11.0. The molecule has 2 fully saturated rings. The molecule has 1 aromatic carbocycles. The minimum atomic E-state index is -4.61. The Hall–Kier alpha value is -2.94. The highest BCUT2D eigenvalue weighted by atomic mass is 19.4. The van der Waals surface area contributed by atoms with Crippen LogP contribution in [0.1, 0.15) is 40.2 Å². The minimum absolute atomic E-state index is 0.0186. The summed E-state index contributed by atoms with van der Waals surface area (Å²) in [7, 11) is 0. The molecule has 6 nitrogen and oxygen atoms in total. The Morgan fingerprint density at radius 2 is 1.94 bits per heavy atom. The number of amides is 1. The van der Waals surface area contributed by atoms with Crippen molar-refractivity contribution < 1.29 is 18.0 Å². The first-order chi connectivity index (χ1) is 15.4. The average Bonchev–Trinajstić information content (AvgIpc) is 3.42. The van der Waals surface area contributed by atoms with Crippen LogP contribution in [0.4, 0.5) is 13.2 Å². The fourth-order valence-electron chi connectivity index (χ4n) is 5.46. The van der Waals surface area contributed by atoms with E-state index in [9.17, 15) is 18.0 Å². The van der Waals surface area contributed by atoms with Gasteiger partial charge < -0.3 is 4.90 Å². The molecule has 0 bridgehead atoms. The SMILES string of the molecule is O=C(c1cc2nc3c(c(C(F)(F)F)n2n1)CCc1ccccc1-3)N1CCN2CCC[C@H]2C1. The van der Waals surface area contributed by atoms with Gasteiger partial charge in [0.2, 0.25) is 0 Å². The second-order valence-corrected chi connectivity index (χ2v) is 8.83. The molecular formula is C23H22F3N5O. The van der Waals surface area contributed by atoms with Gasteiger partial charge in [0.05, 0.1) is 5.69 Å². The van der Waals surface area contributed by atoms with Crippen LogP contribution in [0.25, 0.3) is 16.9 Å². The van der Waals surface area contributed by atoms with Crippen LogP contribution in [-0.2, 0) is 19.0 Å². The lowest BCUT2D eigenvalue weighted by atomic mass is 9.88. The number of nitrogens with zero attached hydrogens (tertiary/aromatic N) is 5. The number of hydrogen-bond donors (Lipinski definition) is 0. The van der Waals surface area contributed by atoms with Crippen molar-refractivity contribution in [2.75, 3.05) is 26.2 Å². The summed E-state index contributed by atoms with van der Waals surface area (Å²) in [4.78, 5) is 21.8. The van der Waals surface area contributed by atoms with Gasteiger partial charge in [-0.2, -0.15) is 18.3 Å². The zero-order valence-electron chi connectivity index (χ0n) is 17.4. The second-order valence-electron chi connectivity index (χ2n) is 8.83. The molecule has 2 saturated heterocycles. The maximum absolute atomic E-state index is 14.2. The molecule has 0 saturated carbocycles. The van der Waals surface area contributed by atoms with E-state index in [-0.39, 0.29) is 29.2 Å². The number of alkyl halides is 3. The molecule has 3 aliphatic rings. The number of fused-ring (bicyclic) bond motifs is 5.